The second kappa shape index (κ2) is 7.85. The number of rotatable bonds is 7. The number of unbranched alkanes of at least 4 members (excludes halogenated alkanes) is 1. The van der Waals surface area contributed by atoms with Crippen molar-refractivity contribution < 1.29 is 0 Å². The number of hydrogen-bond donors (Lipinski definition) is 2. The normalized spacial score (nSPS) is 10.5. The van der Waals surface area contributed by atoms with Crippen molar-refractivity contribution in [1.29, 1.82) is 0 Å². The Balaban J connectivity index is 2.10. The molecule has 3 heteroatoms. The second-order valence-electron chi connectivity index (χ2n) is 3.63. The van der Waals surface area contributed by atoms with Crippen LogP contribution in [0.15, 0.2) is 28.7 Å². The zero-order chi connectivity index (χ0) is 10.9. The third kappa shape index (κ3) is 5.92. The summed E-state index contributed by atoms with van der Waals surface area (Å²) in [7, 11) is 0. The van der Waals surface area contributed by atoms with Gasteiger partial charge in [0.25, 0.3) is 0 Å². The van der Waals surface area contributed by atoms with Crippen LogP contribution < -0.4 is 11.1 Å². The van der Waals surface area contributed by atoms with Crippen LogP contribution in [-0.2, 0) is 6.42 Å². The van der Waals surface area contributed by atoms with E-state index in [1.54, 1.807) is 0 Å². The molecule has 2 nitrogen and oxygen atoms in total. The van der Waals surface area contributed by atoms with Gasteiger partial charge in [-0.05, 0) is 56.6 Å². The molecule has 1 aromatic carbocycles. The molecule has 0 aromatic heterocycles. The van der Waals surface area contributed by atoms with Crippen molar-refractivity contribution in [2.75, 3.05) is 19.6 Å². The molecule has 15 heavy (non-hydrogen) atoms. The molecule has 0 amide bonds. The lowest BCUT2D eigenvalue weighted by Gasteiger charge is -2.04. The summed E-state index contributed by atoms with van der Waals surface area (Å²) in [6, 6.07) is 8.46. The van der Waals surface area contributed by atoms with E-state index >= 15 is 0 Å². The first kappa shape index (κ1) is 12.7. The first-order valence-corrected chi connectivity index (χ1v) is 6.27. The molecule has 1 rings (SSSR count). The third-order valence-electron chi connectivity index (χ3n) is 2.29. The van der Waals surface area contributed by atoms with Crippen LogP contribution in [0.1, 0.15) is 18.4 Å². The zero-order valence-electron chi connectivity index (χ0n) is 9.01. The highest BCUT2D eigenvalue weighted by Crippen LogP contribution is 2.11. The van der Waals surface area contributed by atoms with Gasteiger partial charge in [0.1, 0.15) is 0 Å². The molecule has 0 unspecified atom stereocenters. The summed E-state index contributed by atoms with van der Waals surface area (Å²) < 4.78 is 1.16. The van der Waals surface area contributed by atoms with Crippen LogP contribution in [0.5, 0.6) is 0 Å². The molecule has 0 aliphatic carbocycles. The molecule has 0 atom stereocenters. The summed E-state index contributed by atoms with van der Waals surface area (Å²) in [6.45, 7) is 2.92. The van der Waals surface area contributed by atoms with Crippen LogP contribution in [0.3, 0.4) is 0 Å². The molecule has 3 N–H and O–H groups in total. The third-order valence-corrected chi connectivity index (χ3v) is 2.78. The van der Waals surface area contributed by atoms with Crippen molar-refractivity contribution >= 4 is 15.9 Å². The molecular formula is C12H19BrN2. The van der Waals surface area contributed by atoms with E-state index in [-0.39, 0.29) is 0 Å². The average molecular weight is 271 g/mol. The molecule has 0 saturated heterocycles. The Labute approximate surface area is 100 Å². The Morgan fingerprint density at radius 2 is 2.07 bits per heavy atom. The fourth-order valence-corrected chi connectivity index (χ4v) is 1.89. The highest BCUT2D eigenvalue weighted by atomic mass is 79.9. The minimum atomic E-state index is 0.799. The van der Waals surface area contributed by atoms with Crippen LogP contribution in [0, 0.1) is 0 Å². The molecular weight excluding hydrogens is 252 g/mol. The van der Waals surface area contributed by atoms with Crippen molar-refractivity contribution in [3.8, 4) is 0 Å². The SMILES string of the molecule is NCCCCNCCc1cccc(Br)c1. The summed E-state index contributed by atoms with van der Waals surface area (Å²) in [5, 5.41) is 3.42. The van der Waals surface area contributed by atoms with Gasteiger partial charge in [0.2, 0.25) is 0 Å². The van der Waals surface area contributed by atoms with E-state index in [2.05, 4.69) is 45.5 Å². The van der Waals surface area contributed by atoms with Crippen LogP contribution in [-0.4, -0.2) is 19.6 Å². The van der Waals surface area contributed by atoms with E-state index in [1.807, 2.05) is 0 Å². The first-order chi connectivity index (χ1) is 7.33. The summed E-state index contributed by atoms with van der Waals surface area (Å²) in [6.07, 6.45) is 3.38. The van der Waals surface area contributed by atoms with Crippen LogP contribution in [0.2, 0.25) is 0 Å². The Hall–Kier alpha value is -0.380. The zero-order valence-corrected chi connectivity index (χ0v) is 10.6. The minimum absolute atomic E-state index is 0.799. The maximum atomic E-state index is 5.42. The van der Waals surface area contributed by atoms with Gasteiger partial charge in [-0.3, -0.25) is 0 Å². The lowest BCUT2D eigenvalue weighted by atomic mass is 10.1. The largest absolute Gasteiger partial charge is 0.330 e. The van der Waals surface area contributed by atoms with Crippen molar-refractivity contribution in [3.05, 3.63) is 34.3 Å². The topological polar surface area (TPSA) is 38.0 Å². The number of hydrogen-bond acceptors (Lipinski definition) is 2. The fourth-order valence-electron chi connectivity index (χ4n) is 1.44. The van der Waals surface area contributed by atoms with Crippen LogP contribution >= 0.6 is 15.9 Å². The maximum absolute atomic E-state index is 5.42. The lowest BCUT2D eigenvalue weighted by Crippen LogP contribution is -2.19. The average Bonchev–Trinajstić information content (AvgIpc) is 2.23. The molecule has 0 heterocycles. The minimum Gasteiger partial charge on any atom is -0.330 e. The van der Waals surface area contributed by atoms with Gasteiger partial charge in [0.15, 0.2) is 0 Å². The summed E-state index contributed by atoms with van der Waals surface area (Å²) in [4.78, 5) is 0. The van der Waals surface area contributed by atoms with Gasteiger partial charge in [-0.15, -0.1) is 0 Å². The van der Waals surface area contributed by atoms with Crippen molar-refractivity contribution in [2.24, 2.45) is 5.73 Å². The number of nitrogens with one attached hydrogen (secondary N) is 1. The molecule has 84 valence electrons. The summed E-state index contributed by atoms with van der Waals surface area (Å²) in [5.41, 5.74) is 6.79. The molecule has 1 aromatic rings. The van der Waals surface area contributed by atoms with Gasteiger partial charge >= 0.3 is 0 Å². The predicted octanol–water partition coefficient (Wildman–Crippen LogP) is 2.32. The maximum Gasteiger partial charge on any atom is 0.0178 e. The number of benzene rings is 1. The molecule has 0 fully saturated rings. The Kier molecular flexibility index (Phi) is 6.64. The van der Waals surface area contributed by atoms with Gasteiger partial charge in [0.05, 0.1) is 0 Å². The van der Waals surface area contributed by atoms with Gasteiger partial charge in [-0.25, -0.2) is 0 Å². The molecule has 0 spiro atoms. The van der Waals surface area contributed by atoms with Crippen molar-refractivity contribution in [1.82, 2.24) is 5.32 Å². The van der Waals surface area contributed by atoms with Crippen LogP contribution in [0.25, 0.3) is 0 Å². The summed E-state index contributed by atoms with van der Waals surface area (Å²) >= 11 is 3.47. The number of nitrogens with two attached hydrogens (primary N) is 1. The Morgan fingerprint density at radius 3 is 2.80 bits per heavy atom. The molecule has 0 aliphatic heterocycles. The highest BCUT2D eigenvalue weighted by molar-refractivity contribution is 9.10. The predicted molar refractivity (Wildman–Crippen MR) is 69.0 cm³/mol. The number of halogens is 1. The highest BCUT2D eigenvalue weighted by Gasteiger charge is 1.93. The van der Waals surface area contributed by atoms with E-state index in [9.17, 15) is 0 Å². The van der Waals surface area contributed by atoms with Crippen molar-refractivity contribution in [2.45, 2.75) is 19.3 Å². The second-order valence-corrected chi connectivity index (χ2v) is 4.54. The van der Waals surface area contributed by atoms with Crippen LogP contribution in [0.4, 0.5) is 0 Å². The Bertz CT molecular complexity index is 276. The smallest absolute Gasteiger partial charge is 0.0178 e. The van der Waals surface area contributed by atoms with E-state index in [1.165, 1.54) is 12.0 Å². The molecule has 0 aliphatic rings. The van der Waals surface area contributed by atoms with E-state index in [0.717, 1.165) is 36.9 Å². The van der Waals surface area contributed by atoms with E-state index in [4.69, 9.17) is 5.73 Å². The Morgan fingerprint density at radius 1 is 1.20 bits per heavy atom. The van der Waals surface area contributed by atoms with Gasteiger partial charge in [-0.1, -0.05) is 28.1 Å². The summed E-state index contributed by atoms with van der Waals surface area (Å²) in [5.74, 6) is 0. The van der Waals surface area contributed by atoms with Gasteiger partial charge in [0, 0.05) is 4.47 Å². The molecule has 0 saturated carbocycles. The quantitative estimate of drug-likeness (QED) is 0.747. The van der Waals surface area contributed by atoms with E-state index < -0.39 is 0 Å². The van der Waals surface area contributed by atoms with Crippen molar-refractivity contribution in [3.63, 3.8) is 0 Å². The first-order valence-electron chi connectivity index (χ1n) is 5.48. The van der Waals surface area contributed by atoms with E-state index in [0.29, 0.717) is 0 Å². The van der Waals surface area contributed by atoms with Gasteiger partial charge < -0.3 is 11.1 Å². The lowest BCUT2D eigenvalue weighted by molar-refractivity contribution is 0.627. The van der Waals surface area contributed by atoms with Gasteiger partial charge in [-0.2, -0.15) is 0 Å². The fraction of sp³-hybridized carbons (Fsp3) is 0.500. The molecule has 0 bridgehead atoms. The monoisotopic (exact) mass is 270 g/mol. The molecule has 0 radical (unpaired) electrons. The standard InChI is InChI=1S/C12H19BrN2/c13-12-5-3-4-11(10-12)6-9-15-8-2-1-7-14/h3-5,10,15H,1-2,6-9,14H2.